The van der Waals surface area contributed by atoms with Crippen LogP contribution in [0.2, 0.25) is 0 Å². The number of benzene rings is 2. The zero-order valence-corrected chi connectivity index (χ0v) is 13.7. The number of nitrogens with one attached hydrogen (secondary N) is 1. The first-order chi connectivity index (χ1) is 11.3. The minimum absolute atomic E-state index is 0.621. The number of rotatable bonds is 6. The third kappa shape index (κ3) is 3.81. The third-order valence-corrected chi connectivity index (χ3v) is 3.79. The lowest BCUT2D eigenvalue weighted by Gasteiger charge is -2.08. The zero-order chi connectivity index (χ0) is 16.1. The van der Waals surface area contributed by atoms with E-state index in [9.17, 15) is 0 Å². The summed E-state index contributed by atoms with van der Waals surface area (Å²) in [5, 5.41) is 4.50. The summed E-state index contributed by atoms with van der Waals surface area (Å²) >= 11 is 0. The Morgan fingerprint density at radius 1 is 0.957 bits per heavy atom. The minimum Gasteiger partial charge on any atom is -0.439 e. The summed E-state index contributed by atoms with van der Waals surface area (Å²) in [6.07, 6.45) is 2.14. The second-order valence-electron chi connectivity index (χ2n) is 5.58. The molecule has 0 saturated carbocycles. The topological polar surface area (TPSA) is 34.1 Å². The Hall–Kier alpha value is -2.55. The molecule has 0 aliphatic heterocycles. The lowest BCUT2D eigenvalue weighted by molar-refractivity contribution is 0.465. The Labute approximate surface area is 137 Å². The van der Waals surface area contributed by atoms with E-state index in [1.807, 2.05) is 30.3 Å². The maximum atomic E-state index is 5.86. The molecule has 1 N–H and O–H groups in total. The van der Waals surface area contributed by atoms with E-state index >= 15 is 0 Å². The molecule has 3 rings (SSSR count). The molecule has 0 amide bonds. The van der Waals surface area contributed by atoms with Crippen molar-refractivity contribution in [2.24, 2.45) is 0 Å². The Kier molecular flexibility index (Phi) is 4.77. The van der Waals surface area contributed by atoms with Gasteiger partial charge in [-0.2, -0.15) is 0 Å². The van der Waals surface area contributed by atoms with Crippen LogP contribution in [0.15, 0.2) is 54.6 Å². The molecule has 0 radical (unpaired) electrons. The van der Waals surface area contributed by atoms with E-state index in [2.05, 4.69) is 48.4 Å². The molecule has 0 atom stereocenters. The number of fused-ring (bicyclic) bond motifs is 1. The van der Waals surface area contributed by atoms with Crippen molar-refractivity contribution in [2.75, 3.05) is 11.9 Å². The Morgan fingerprint density at radius 3 is 2.52 bits per heavy atom. The molecule has 0 unspecified atom stereocenters. The molecular formula is C20H22N2O. The van der Waals surface area contributed by atoms with E-state index in [0.29, 0.717) is 5.88 Å². The highest BCUT2D eigenvalue weighted by Crippen LogP contribution is 2.24. The highest BCUT2D eigenvalue weighted by Gasteiger charge is 2.02. The van der Waals surface area contributed by atoms with Gasteiger partial charge in [-0.25, -0.2) is 4.98 Å². The summed E-state index contributed by atoms with van der Waals surface area (Å²) in [7, 11) is 0. The van der Waals surface area contributed by atoms with Gasteiger partial charge >= 0.3 is 0 Å². The minimum atomic E-state index is 0.621. The number of hydrogen-bond donors (Lipinski definition) is 1. The first-order valence-electron chi connectivity index (χ1n) is 8.20. The summed E-state index contributed by atoms with van der Waals surface area (Å²) < 4.78 is 5.86. The molecule has 3 nitrogen and oxygen atoms in total. The van der Waals surface area contributed by atoms with Gasteiger partial charge in [0.05, 0.1) is 5.52 Å². The molecule has 0 bridgehead atoms. The van der Waals surface area contributed by atoms with E-state index < -0.39 is 0 Å². The lowest BCUT2D eigenvalue weighted by atomic mass is 10.1. The monoisotopic (exact) mass is 306 g/mol. The predicted octanol–water partition coefficient (Wildman–Crippen LogP) is 5.41. The number of anilines is 1. The lowest BCUT2D eigenvalue weighted by Crippen LogP contribution is -1.99. The number of hydrogen-bond acceptors (Lipinski definition) is 3. The van der Waals surface area contributed by atoms with Gasteiger partial charge in [-0.05, 0) is 60.9 Å². The third-order valence-electron chi connectivity index (χ3n) is 3.79. The van der Waals surface area contributed by atoms with Crippen molar-refractivity contribution in [1.82, 2.24) is 4.98 Å². The SMILES string of the molecule is CCCNc1ccc(Oc2ccc3cc(CC)ccc3n2)cc1. The Balaban J connectivity index is 1.75. The van der Waals surface area contributed by atoms with Crippen LogP contribution in [-0.2, 0) is 6.42 Å². The highest BCUT2D eigenvalue weighted by atomic mass is 16.5. The van der Waals surface area contributed by atoms with Gasteiger partial charge in [-0.15, -0.1) is 0 Å². The summed E-state index contributed by atoms with van der Waals surface area (Å²) in [6, 6.07) is 18.3. The molecule has 0 spiro atoms. The van der Waals surface area contributed by atoms with Gasteiger partial charge in [0, 0.05) is 23.7 Å². The number of ether oxygens (including phenoxy) is 1. The van der Waals surface area contributed by atoms with Crippen LogP contribution in [0.1, 0.15) is 25.8 Å². The van der Waals surface area contributed by atoms with Crippen molar-refractivity contribution in [1.29, 1.82) is 0 Å². The molecule has 23 heavy (non-hydrogen) atoms. The van der Waals surface area contributed by atoms with Gasteiger partial charge in [0.25, 0.3) is 0 Å². The fourth-order valence-corrected chi connectivity index (χ4v) is 2.46. The second-order valence-corrected chi connectivity index (χ2v) is 5.58. The van der Waals surface area contributed by atoms with Crippen LogP contribution in [0.25, 0.3) is 10.9 Å². The Bertz CT molecular complexity index is 781. The Morgan fingerprint density at radius 2 is 1.78 bits per heavy atom. The average Bonchev–Trinajstić information content (AvgIpc) is 2.60. The summed E-state index contributed by atoms with van der Waals surface area (Å²) in [5.41, 5.74) is 3.39. The number of aromatic nitrogens is 1. The van der Waals surface area contributed by atoms with E-state index in [-0.39, 0.29) is 0 Å². The number of pyridine rings is 1. The van der Waals surface area contributed by atoms with Crippen LogP contribution in [0.3, 0.4) is 0 Å². The quantitative estimate of drug-likeness (QED) is 0.661. The van der Waals surface area contributed by atoms with Crippen LogP contribution in [-0.4, -0.2) is 11.5 Å². The summed E-state index contributed by atoms with van der Waals surface area (Å²) in [6.45, 7) is 5.29. The molecular weight excluding hydrogens is 284 g/mol. The molecule has 2 aromatic carbocycles. The molecule has 118 valence electrons. The smallest absolute Gasteiger partial charge is 0.219 e. The average molecular weight is 306 g/mol. The van der Waals surface area contributed by atoms with E-state index in [0.717, 1.165) is 41.7 Å². The van der Waals surface area contributed by atoms with Crippen LogP contribution in [0.5, 0.6) is 11.6 Å². The van der Waals surface area contributed by atoms with Crippen molar-refractivity contribution in [2.45, 2.75) is 26.7 Å². The fourth-order valence-electron chi connectivity index (χ4n) is 2.46. The van der Waals surface area contributed by atoms with Crippen molar-refractivity contribution in [3.63, 3.8) is 0 Å². The van der Waals surface area contributed by atoms with Crippen molar-refractivity contribution in [3.05, 3.63) is 60.2 Å². The highest BCUT2D eigenvalue weighted by molar-refractivity contribution is 5.79. The molecule has 1 heterocycles. The van der Waals surface area contributed by atoms with Gasteiger partial charge < -0.3 is 10.1 Å². The maximum absolute atomic E-state index is 5.86. The van der Waals surface area contributed by atoms with E-state index in [1.54, 1.807) is 0 Å². The van der Waals surface area contributed by atoms with E-state index in [4.69, 9.17) is 4.74 Å². The molecule has 1 aromatic heterocycles. The summed E-state index contributed by atoms with van der Waals surface area (Å²) in [5.74, 6) is 1.42. The molecule has 0 aliphatic rings. The van der Waals surface area contributed by atoms with Gasteiger partial charge in [0.2, 0.25) is 5.88 Å². The summed E-state index contributed by atoms with van der Waals surface area (Å²) in [4.78, 5) is 4.58. The normalized spacial score (nSPS) is 10.7. The first-order valence-corrected chi connectivity index (χ1v) is 8.20. The van der Waals surface area contributed by atoms with E-state index in [1.165, 1.54) is 5.56 Å². The first kappa shape index (κ1) is 15.3. The van der Waals surface area contributed by atoms with Crippen molar-refractivity contribution >= 4 is 16.6 Å². The predicted molar refractivity (Wildman–Crippen MR) is 96.4 cm³/mol. The standard InChI is InChI=1S/C20H22N2O/c1-3-13-21-17-7-9-18(10-8-17)23-20-12-6-16-14-15(4-2)5-11-19(16)22-20/h5-12,14,21H,3-4,13H2,1-2H3. The largest absolute Gasteiger partial charge is 0.439 e. The molecule has 0 aliphatic carbocycles. The van der Waals surface area contributed by atoms with Crippen LogP contribution in [0.4, 0.5) is 5.69 Å². The molecule has 0 fully saturated rings. The van der Waals surface area contributed by atoms with Crippen LogP contribution >= 0.6 is 0 Å². The van der Waals surface area contributed by atoms with Gasteiger partial charge in [-0.1, -0.05) is 19.9 Å². The second kappa shape index (κ2) is 7.14. The fraction of sp³-hybridized carbons (Fsp3) is 0.250. The van der Waals surface area contributed by atoms with Crippen LogP contribution in [0, 0.1) is 0 Å². The van der Waals surface area contributed by atoms with Gasteiger partial charge in [0.15, 0.2) is 0 Å². The zero-order valence-electron chi connectivity index (χ0n) is 13.7. The van der Waals surface area contributed by atoms with Gasteiger partial charge in [-0.3, -0.25) is 0 Å². The van der Waals surface area contributed by atoms with Crippen LogP contribution < -0.4 is 10.1 Å². The molecule has 3 heteroatoms. The number of aryl methyl sites for hydroxylation is 1. The van der Waals surface area contributed by atoms with Crippen molar-refractivity contribution < 1.29 is 4.74 Å². The number of nitrogens with zero attached hydrogens (tertiary/aromatic N) is 1. The van der Waals surface area contributed by atoms with Gasteiger partial charge in [0.1, 0.15) is 5.75 Å². The van der Waals surface area contributed by atoms with Crippen molar-refractivity contribution in [3.8, 4) is 11.6 Å². The maximum Gasteiger partial charge on any atom is 0.219 e. The molecule has 0 saturated heterocycles. The molecule has 3 aromatic rings.